The first-order chi connectivity index (χ1) is 19.7. The number of nitrogens with two attached hydrogens (primary N) is 1. The number of likely N-dealkylation sites (N-methyl/N-ethyl adjacent to an activating group) is 1. The van der Waals surface area contributed by atoms with E-state index < -0.39 is 11.1 Å². The molecule has 1 heterocycles. The summed E-state index contributed by atoms with van der Waals surface area (Å²) in [5.41, 5.74) is 10.5. The third-order valence-corrected chi connectivity index (χ3v) is 8.98. The van der Waals surface area contributed by atoms with E-state index in [1.165, 1.54) is 0 Å². The number of nitrogens with zero attached hydrogens (tertiary/aromatic N) is 2. The Hall–Kier alpha value is -3.10. The van der Waals surface area contributed by atoms with Crippen LogP contribution in [0.5, 0.6) is 0 Å². The van der Waals surface area contributed by atoms with E-state index in [0.29, 0.717) is 37.0 Å². The molecule has 0 bridgehead atoms. The minimum atomic E-state index is -0.696. The van der Waals surface area contributed by atoms with Crippen molar-refractivity contribution >= 4 is 11.7 Å². The number of carbonyl (C=O) groups excluding carboxylic acids is 1. The van der Waals surface area contributed by atoms with Gasteiger partial charge >= 0.3 is 0 Å². The molecule has 2 aliphatic carbocycles. The Balaban J connectivity index is 1.27. The second-order valence-corrected chi connectivity index (χ2v) is 12.5. The summed E-state index contributed by atoms with van der Waals surface area (Å²) in [5.74, 6) is 0.993. The van der Waals surface area contributed by atoms with Crippen molar-refractivity contribution in [3.63, 3.8) is 0 Å². The molecule has 1 amide bonds. The van der Waals surface area contributed by atoms with Crippen molar-refractivity contribution in [1.29, 1.82) is 0 Å². The van der Waals surface area contributed by atoms with Gasteiger partial charge in [0.1, 0.15) is 5.82 Å². The largest absolute Gasteiger partial charge is 0.390 e. The normalized spacial score (nSPS) is 26.0. The minimum Gasteiger partial charge on any atom is -0.390 e. The Morgan fingerprint density at radius 3 is 2.34 bits per heavy atom. The van der Waals surface area contributed by atoms with Crippen LogP contribution in [0.3, 0.4) is 0 Å². The highest BCUT2D eigenvalue weighted by atomic mass is 16.5. The summed E-state index contributed by atoms with van der Waals surface area (Å²) in [4.78, 5) is 20.1. The molecule has 1 aromatic heterocycles. The van der Waals surface area contributed by atoms with Crippen molar-refractivity contribution in [2.45, 2.75) is 69.1 Å². The van der Waals surface area contributed by atoms with Crippen molar-refractivity contribution in [3.05, 3.63) is 72.4 Å². The highest BCUT2D eigenvalue weighted by Crippen LogP contribution is 2.46. The van der Waals surface area contributed by atoms with Crippen LogP contribution in [0.2, 0.25) is 0 Å². The fourth-order valence-corrected chi connectivity index (χ4v) is 6.77. The molecule has 2 aromatic carbocycles. The van der Waals surface area contributed by atoms with Gasteiger partial charge in [0.05, 0.1) is 12.2 Å². The minimum absolute atomic E-state index is 0.0226. The number of benzene rings is 2. The highest BCUT2D eigenvalue weighted by molar-refractivity contribution is 5.92. The highest BCUT2D eigenvalue weighted by Gasteiger charge is 2.49. The molecule has 2 fully saturated rings. The smallest absolute Gasteiger partial charge is 0.225 e. The molecule has 0 atom stereocenters. The van der Waals surface area contributed by atoms with E-state index in [9.17, 15) is 9.90 Å². The number of aliphatic hydroxyl groups is 1. The van der Waals surface area contributed by atoms with Crippen LogP contribution < -0.4 is 11.1 Å². The van der Waals surface area contributed by atoms with Gasteiger partial charge in [-0.1, -0.05) is 54.6 Å². The number of amides is 1. The Morgan fingerprint density at radius 2 is 1.71 bits per heavy atom. The molecule has 0 spiro atoms. The van der Waals surface area contributed by atoms with Gasteiger partial charge in [-0.25, -0.2) is 4.98 Å². The maximum Gasteiger partial charge on any atom is 0.225 e. The summed E-state index contributed by atoms with van der Waals surface area (Å²) < 4.78 is 5.22. The molecule has 5 rings (SSSR count). The van der Waals surface area contributed by atoms with Gasteiger partial charge in [0.15, 0.2) is 0 Å². The predicted molar refractivity (Wildman–Crippen MR) is 164 cm³/mol. The van der Waals surface area contributed by atoms with Gasteiger partial charge in [0.25, 0.3) is 0 Å². The summed E-state index contributed by atoms with van der Waals surface area (Å²) in [5, 5.41) is 13.3. The molecule has 2 aliphatic rings. The number of aromatic nitrogens is 1. The molecule has 41 heavy (non-hydrogen) atoms. The number of nitrogens with one attached hydrogen (secondary N) is 1. The zero-order chi connectivity index (χ0) is 29.0. The van der Waals surface area contributed by atoms with Crippen LogP contribution in [0.4, 0.5) is 5.82 Å². The topological polar surface area (TPSA) is 101 Å². The lowest BCUT2D eigenvalue weighted by atomic mass is 9.63. The van der Waals surface area contributed by atoms with E-state index in [2.05, 4.69) is 58.6 Å². The summed E-state index contributed by atoms with van der Waals surface area (Å²) >= 11 is 0. The SMILES string of the molecule is COCCN(C)[C@H]1CC[C@H](CC(=O)Nc2cc(-c3ccccc3)c(-c3ccc([C@]4(N)C[C@](C)(O)C4)cc3)cn2)CC1. The second kappa shape index (κ2) is 12.4. The van der Waals surface area contributed by atoms with Crippen LogP contribution in [0.25, 0.3) is 22.3 Å². The summed E-state index contributed by atoms with van der Waals surface area (Å²) in [6.45, 7) is 3.53. The van der Waals surface area contributed by atoms with Crippen molar-refractivity contribution in [2.75, 3.05) is 32.6 Å². The van der Waals surface area contributed by atoms with E-state index in [4.69, 9.17) is 10.5 Å². The average Bonchev–Trinajstić information content (AvgIpc) is 2.95. The zero-order valence-electron chi connectivity index (χ0n) is 24.6. The van der Waals surface area contributed by atoms with Gasteiger partial charge in [-0.05, 0) is 86.7 Å². The second-order valence-electron chi connectivity index (χ2n) is 12.5. The molecule has 0 saturated heterocycles. The van der Waals surface area contributed by atoms with Crippen LogP contribution in [-0.2, 0) is 15.1 Å². The molecule has 7 heteroatoms. The van der Waals surface area contributed by atoms with Crippen molar-refractivity contribution in [2.24, 2.45) is 11.7 Å². The van der Waals surface area contributed by atoms with E-state index >= 15 is 0 Å². The lowest BCUT2D eigenvalue weighted by molar-refractivity contribution is -0.117. The van der Waals surface area contributed by atoms with Crippen molar-refractivity contribution < 1.29 is 14.6 Å². The van der Waals surface area contributed by atoms with E-state index in [0.717, 1.165) is 66.7 Å². The Morgan fingerprint density at radius 1 is 1.05 bits per heavy atom. The number of anilines is 1. The maximum absolute atomic E-state index is 13.0. The molecular formula is C34H44N4O3. The van der Waals surface area contributed by atoms with Crippen LogP contribution in [0.1, 0.15) is 57.4 Å². The molecule has 7 nitrogen and oxygen atoms in total. The number of hydrogen-bond acceptors (Lipinski definition) is 6. The fourth-order valence-electron chi connectivity index (χ4n) is 6.77. The molecule has 218 valence electrons. The third kappa shape index (κ3) is 7.04. The average molecular weight is 557 g/mol. The summed E-state index contributed by atoms with van der Waals surface area (Å²) in [7, 11) is 3.91. The van der Waals surface area contributed by atoms with Crippen molar-refractivity contribution in [1.82, 2.24) is 9.88 Å². The van der Waals surface area contributed by atoms with E-state index in [1.54, 1.807) is 7.11 Å². The van der Waals surface area contributed by atoms with Gasteiger partial charge in [-0.2, -0.15) is 0 Å². The number of methoxy groups -OCH3 is 1. The first kappa shape index (κ1) is 29.4. The van der Waals surface area contributed by atoms with Gasteiger partial charge in [-0.15, -0.1) is 0 Å². The molecule has 3 aromatic rings. The van der Waals surface area contributed by atoms with Crippen LogP contribution in [0.15, 0.2) is 66.9 Å². The predicted octanol–water partition coefficient (Wildman–Crippen LogP) is 5.58. The zero-order valence-corrected chi connectivity index (χ0v) is 24.6. The first-order valence-corrected chi connectivity index (χ1v) is 14.8. The monoisotopic (exact) mass is 556 g/mol. The van der Waals surface area contributed by atoms with Crippen LogP contribution in [-0.4, -0.2) is 59.8 Å². The third-order valence-electron chi connectivity index (χ3n) is 8.98. The Kier molecular flexibility index (Phi) is 8.90. The van der Waals surface area contributed by atoms with E-state index in [-0.39, 0.29) is 5.91 Å². The lowest BCUT2D eigenvalue weighted by Crippen LogP contribution is -2.58. The van der Waals surface area contributed by atoms with Gasteiger partial charge in [-0.3, -0.25) is 4.79 Å². The number of hydrogen-bond donors (Lipinski definition) is 3. The van der Waals surface area contributed by atoms with Crippen molar-refractivity contribution in [3.8, 4) is 22.3 Å². The van der Waals surface area contributed by atoms with Gasteiger partial charge < -0.3 is 25.8 Å². The molecule has 2 saturated carbocycles. The summed E-state index contributed by atoms with van der Waals surface area (Å²) in [6, 6.07) is 21.0. The van der Waals surface area contributed by atoms with E-state index in [1.807, 2.05) is 37.4 Å². The first-order valence-electron chi connectivity index (χ1n) is 14.8. The number of rotatable bonds is 10. The molecule has 0 radical (unpaired) electrons. The van der Waals surface area contributed by atoms with Crippen LogP contribution >= 0.6 is 0 Å². The van der Waals surface area contributed by atoms with Gasteiger partial charge in [0.2, 0.25) is 5.91 Å². The molecule has 0 unspecified atom stereocenters. The quantitative estimate of drug-likeness (QED) is 0.301. The molecular weight excluding hydrogens is 512 g/mol. The number of pyridine rings is 1. The fraction of sp³-hybridized carbons (Fsp3) is 0.471. The molecule has 0 aliphatic heterocycles. The summed E-state index contributed by atoms with van der Waals surface area (Å²) in [6.07, 6.45) is 7.84. The number of carbonyl (C=O) groups is 1. The van der Waals surface area contributed by atoms with Crippen LogP contribution in [0, 0.1) is 5.92 Å². The van der Waals surface area contributed by atoms with Gasteiger partial charge in [0, 0.05) is 43.4 Å². The Bertz CT molecular complexity index is 1310. The standard InChI is InChI=1S/C34H44N4O3/c1-33(40)22-34(35,23-33)27-13-11-26(12-14-27)30-21-36-31(20-29(30)25-7-5-4-6-8-25)37-32(39)19-24-9-15-28(16-10-24)38(2)17-18-41-3/h4-8,11-14,20-21,24,28,40H,9-10,15-19,22-23,35H2,1-3H3,(H,36,37,39)/t24-,28-,33-,34-. The Labute approximate surface area is 244 Å². The maximum atomic E-state index is 13.0. The lowest BCUT2D eigenvalue weighted by Gasteiger charge is -2.49. The number of ether oxygens (including phenoxy) is 1. The molecule has 4 N–H and O–H groups in total.